The molecule has 0 aliphatic rings. The van der Waals surface area contributed by atoms with Gasteiger partial charge in [0.1, 0.15) is 11.4 Å². The fourth-order valence-corrected chi connectivity index (χ4v) is 2.75. The van der Waals surface area contributed by atoms with Gasteiger partial charge in [-0.3, -0.25) is 4.79 Å². The molecule has 4 nitrogen and oxygen atoms in total. The predicted molar refractivity (Wildman–Crippen MR) is 87.0 cm³/mol. The number of hydrogen-bond donors (Lipinski definition) is 1. The van der Waals surface area contributed by atoms with Gasteiger partial charge < -0.3 is 10.5 Å². The molecule has 110 valence electrons. The van der Waals surface area contributed by atoms with E-state index in [1.165, 1.54) is 0 Å². The molecule has 1 aromatic heterocycles. The van der Waals surface area contributed by atoms with Crippen LogP contribution in [0.3, 0.4) is 0 Å². The van der Waals surface area contributed by atoms with E-state index in [1.54, 1.807) is 7.11 Å². The second-order valence-corrected chi connectivity index (χ2v) is 5.05. The summed E-state index contributed by atoms with van der Waals surface area (Å²) in [6.07, 6.45) is 0. The number of ether oxygens (including phenoxy) is 1. The lowest BCUT2D eigenvalue weighted by atomic mass is 9.94. The molecule has 1 heterocycles. The van der Waals surface area contributed by atoms with Gasteiger partial charge in [-0.25, -0.2) is 4.98 Å². The summed E-state index contributed by atoms with van der Waals surface area (Å²) in [4.78, 5) is 16.1. The predicted octanol–water partition coefficient (Wildman–Crippen LogP) is 3.32. The molecule has 0 bridgehead atoms. The van der Waals surface area contributed by atoms with Crippen molar-refractivity contribution in [3.8, 4) is 16.9 Å². The Kier molecular flexibility index (Phi) is 3.51. The number of primary amides is 1. The number of rotatable bonds is 3. The van der Waals surface area contributed by atoms with Crippen molar-refractivity contribution in [1.29, 1.82) is 0 Å². The molecular weight excluding hydrogens is 276 g/mol. The van der Waals surface area contributed by atoms with Crippen molar-refractivity contribution in [3.63, 3.8) is 0 Å². The van der Waals surface area contributed by atoms with E-state index < -0.39 is 5.91 Å². The van der Waals surface area contributed by atoms with Crippen LogP contribution in [0.15, 0.2) is 48.5 Å². The summed E-state index contributed by atoms with van der Waals surface area (Å²) >= 11 is 0. The molecule has 0 aliphatic heterocycles. The molecule has 0 radical (unpaired) electrons. The Labute approximate surface area is 128 Å². The maximum absolute atomic E-state index is 11.7. The molecule has 3 rings (SSSR count). The number of pyridine rings is 1. The zero-order valence-corrected chi connectivity index (χ0v) is 12.5. The highest BCUT2D eigenvalue weighted by Crippen LogP contribution is 2.37. The van der Waals surface area contributed by atoms with Gasteiger partial charge >= 0.3 is 0 Å². The van der Waals surface area contributed by atoms with E-state index in [4.69, 9.17) is 10.5 Å². The SMILES string of the molecule is COc1cccc2nc(C(N)=O)c(C)c(-c3ccccc3)c12. The molecule has 0 unspecified atom stereocenters. The van der Waals surface area contributed by atoms with Gasteiger partial charge in [0.15, 0.2) is 0 Å². The molecule has 3 aromatic rings. The largest absolute Gasteiger partial charge is 0.496 e. The van der Waals surface area contributed by atoms with Crippen molar-refractivity contribution in [1.82, 2.24) is 4.98 Å². The van der Waals surface area contributed by atoms with Gasteiger partial charge in [-0.05, 0) is 30.2 Å². The number of carbonyl (C=O) groups is 1. The average molecular weight is 292 g/mol. The molecule has 0 saturated carbocycles. The zero-order chi connectivity index (χ0) is 15.7. The average Bonchev–Trinajstić information content (AvgIpc) is 2.54. The van der Waals surface area contributed by atoms with Crippen molar-refractivity contribution in [2.24, 2.45) is 5.73 Å². The smallest absolute Gasteiger partial charge is 0.267 e. The van der Waals surface area contributed by atoms with Crippen LogP contribution in [0.4, 0.5) is 0 Å². The van der Waals surface area contributed by atoms with Crippen molar-refractivity contribution >= 4 is 16.8 Å². The van der Waals surface area contributed by atoms with Gasteiger partial charge in [-0.2, -0.15) is 0 Å². The van der Waals surface area contributed by atoms with Gasteiger partial charge in [0.25, 0.3) is 5.91 Å². The summed E-state index contributed by atoms with van der Waals surface area (Å²) in [6, 6.07) is 15.5. The lowest BCUT2D eigenvalue weighted by Gasteiger charge is -2.15. The van der Waals surface area contributed by atoms with Crippen molar-refractivity contribution < 1.29 is 9.53 Å². The Morgan fingerprint density at radius 3 is 2.45 bits per heavy atom. The summed E-state index contributed by atoms with van der Waals surface area (Å²) in [5.74, 6) is 0.197. The summed E-state index contributed by atoms with van der Waals surface area (Å²) in [5.41, 5.74) is 9.16. The molecule has 2 aromatic carbocycles. The topological polar surface area (TPSA) is 65.2 Å². The van der Waals surface area contributed by atoms with E-state index >= 15 is 0 Å². The van der Waals surface area contributed by atoms with Crippen LogP contribution in [0.5, 0.6) is 5.75 Å². The second kappa shape index (κ2) is 5.48. The van der Waals surface area contributed by atoms with Crippen LogP contribution in [-0.4, -0.2) is 18.0 Å². The molecule has 4 heteroatoms. The first-order valence-corrected chi connectivity index (χ1v) is 6.96. The quantitative estimate of drug-likeness (QED) is 0.805. The first-order valence-electron chi connectivity index (χ1n) is 6.96. The van der Waals surface area contributed by atoms with E-state index in [9.17, 15) is 4.79 Å². The first kappa shape index (κ1) is 14.1. The molecule has 0 saturated heterocycles. The van der Waals surface area contributed by atoms with Crippen molar-refractivity contribution in [3.05, 3.63) is 59.8 Å². The molecule has 22 heavy (non-hydrogen) atoms. The Morgan fingerprint density at radius 2 is 1.82 bits per heavy atom. The Bertz CT molecular complexity index is 858. The maximum atomic E-state index is 11.7. The number of amides is 1. The van der Waals surface area contributed by atoms with E-state index in [0.717, 1.165) is 27.8 Å². The molecular formula is C18H16N2O2. The number of nitrogens with two attached hydrogens (primary N) is 1. The summed E-state index contributed by atoms with van der Waals surface area (Å²) < 4.78 is 5.49. The Hall–Kier alpha value is -2.88. The van der Waals surface area contributed by atoms with Gasteiger partial charge in [0.05, 0.1) is 18.0 Å². The number of aromatic nitrogens is 1. The van der Waals surface area contributed by atoms with Crippen LogP contribution in [-0.2, 0) is 0 Å². The normalized spacial score (nSPS) is 10.6. The molecule has 0 aliphatic carbocycles. The van der Waals surface area contributed by atoms with E-state index in [1.807, 2.05) is 55.5 Å². The van der Waals surface area contributed by atoms with E-state index in [0.29, 0.717) is 11.2 Å². The Morgan fingerprint density at radius 1 is 1.09 bits per heavy atom. The highest BCUT2D eigenvalue weighted by molar-refractivity contribution is 6.05. The lowest BCUT2D eigenvalue weighted by molar-refractivity contribution is 0.0995. The van der Waals surface area contributed by atoms with Crippen LogP contribution >= 0.6 is 0 Å². The summed E-state index contributed by atoms with van der Waals surface area (Å²) in [5, 5.41) is 0.888. The van der Waals surface area contributed by atoms with E-state index in [2.05, 4.69) is 4.98 Å². The van der Waals surface area contributed by atoms with Gasteiger partial charge in [0.2, 0.25) is 0 Å². The monoisotopic (exact) mass is 292 g/mol. The third kappa shape index (κ3) is 2.19. The minimum atomic E-state index is -0.528. The van der Waals surface area contributed by atoms with Gasteiger partial charge in [-0.15, -0.1) is 0 Å². The van der Waals surface area contributed by atoms with Gasteiger partial charge in [-0.1, -0.05) is 36.4 Å². The number of carbonyl (C=O) groups excluding carboxylic acids is 1. The number of nitrogens with zero attached hydrogens (tertiary/aromatic N) is 1. The zero-order valence-electron chi connectivity index (χ0n) is 12.5. The molecule has 2 N–H and O–H groups in total. The highest BCUT2D eigenvalue weighted by Gasteiger charge is 2.18. The summed E-state index contributed by atoms with van der Waals surface area (Å²) in [7, 11) is 1.63. The first-order chi connectivity index (χ1) is 10.6. The van der Waals surface area contributed by atoms with Crippen LogP contribution < -0.4 is 10.5 Å². The number of methoxy groups -OCH3 is 1. The molecule has 1 amide bonds. The van der Waals surface area contributed by atoms with Crippen LogP contribution in [0.25, 0.3) is 22.0 Å². The standard InChI is InChI=1S/C18H16N2O2/c1-11-15(12-7-4-3-5-8-12)16-13(20-17(11)18(19)21)9-6-10-14(16)22-2/h3-10H,1-2H3,(H2,19,21). The minimum Gasteiger partial charge on any atom is -0.496 e. The fourth-order valence-electron chi connectivity index (χ4n) is 2.75. The fraction of sp³-hybridized carbons (Fsp3) is 0.111. The third-order valence-electron chi connectivity index (χ3n) is 3.73. The summed E-state index contributed by atoms with van der Waals surface area (Å²) in [6.45, 7) is 1.86. The third-order valence-corrected chi connectivity index (χ3v) is 3.73. The van der Waals surface area contributed by atoms with Crippen LogP contribution in [0, 0.1) is 6.92 Å². The van der Waals surface area contributed by atoms with Gasteiger partial charge in [0, 0.05) is 5.56 Å². The highest BCUT2D eigenvalue weighted by atomic mass is 16.5. The van der Waals surface area contributed by atoms with Crippen molar-refractivity contribution in [2.45, 2.75) is 6.92 Å². The van der Waals surface area contributed by atoms with Crippen molar-refractivity contribution in [2.75, 3.05) is 7.11 Å². The molecule has 0 atom stereocenters. The maximum Gasteiger partial charge on any atom is 0.267 e. The number of fused-ring (bicyclic) bond motifs is 1. The van der Waals surface area contributed by atoms with E-state index in [-0.39, 0.29) is 0 Å². The second-order valence-electron chi connectivity index (χ2n) is 5.05. The van der Waals surface area contributed by atoms with Crippen LogP contribution in [0.1, 0.15) is 16.1 Å². The molecule has 0 fully saturated rings. The van der Waals surface area contributed by atoms with Crippen LogP contribution in [0.2, 0.25) is 0 Å². The minimum absolute atomic E-state index is 0.291. The number of benzene rings is 2. The molecule has 0 spiro atoms. The lowest BCUT2D eigenvalue weighted by Crippen LogP contribution is -2.16. The number of hydrogen-bond acceptors (Lipinski definition) is 3. The Balaban J connectivity index is 2.50.